The molecule has 1 nitrogen and oxygen atoms in total. The lowest BCUT2D eigenvalue weighted by Crippen LogP contribution is -2.07. The highest BCUT2D eigenvalue weighted by Gasteiger charge is 1.89. The van der Waals surface area contributed by atoms with Gasteiger partial charge in [0, 0.05) is 19.8 Å². The van der Waals surface area contributed by atoms with Gasteiger partial charge in [-0.25, -0.2) is 0 Å². The monoisotopic (exact) mass is 137 g/mol. The van der Waals surface area contributed by atoms with Gasteiger partial charge in [0.25, 0.3) is 0 Å². The van der Waals surface area contributed by atoms with E-state index in [1.165, 1.54) is 0 Å². The van der Waals surface area contributed by atoms with Crippen LogP contribution in [0.5, 0.6) is 0 Å². The predicted molar refractivity (Wildman–Crippen MR) is 46.8 cm³/mol. The van der Waals surface area contributed by atoms with Crippen molar-refractivity contribution < 1.29 is 0 Å². The van der Waals surface area contributed by atoms with Gasteiger partial charge in [-0.05, 0) is 18.6 Å². The maximum absolute atomic E-state index is 3.84. The van der Waals surface area contributed by atoms with Crippen LogP contribution in [0.2, 0.25) is 0 Å². The van der Waals surface area contributed by atoms with Crippen LogP contribution in [-0.2, 0) is 0 Å². The Hall–Kier alpha value is -0.980. The molecule has 0 saturated heterocycles. The molecule has 0 N–H and O–H groups in total. The molecule has 0 heterocycles. The van der Waals surface area contributed by atoms with Crippen molar-refractivity contribution in [3.63, 3.8) is 0 Å². The van der Waals surface area contributed by atoms with Gasteiger partial charge < -0.3 is 4.90 Å². The molecule has 10 heavy (non-hydrogen) atoms. The fourth-order valence-corrected chi connectivity index (χ4v) is 0.451. The Morgan fingerprint density at radius 2 is 1.90 bits per heavy atom. The Morgan fingerprint density at radius 1 is 1.40 bits per heavy atom. The summed E-state index contributed by atoms with van der Waals surface area (Å²) in [4.78, 5) is 1.97. The highest BCUT2D eigenvalue weighted by atomic mass is 15.1. The predicted octanol–water partition coefficient (Wildman–Crippen LogP) is 2.19. The second kappa shape index (κ2) is 3.94. The third-order valence-electron chi connectivity index (χ3n) is 1.29. The van der Waals surface area contributed by atoms with Gasteiger partial charge in [0.1, 0.15) is 0 Å². The third-order valence-corrected chi connectivity index (χ3v) is 1.29. The molecule has 0 aliphatic carbocycles. The van der Waals surface area contributed by atoms with E-state index in [0.29, 0.717) is 0 Å². The number of allylic oxidation sites excluding steroid dienone is 3. The van der Waals surface area contributed by atoms with E-state index in [4.69, 9.17) is 0 Å². The summed E-state index contributed by atoms with van der Waals surface area (Å²) >= 11 is 0. The lowest BCUT2D eigenvalue weighted by molar-refractivity contribution is 0.532. The lowest BCUT2D eigenvalue weighted by Gasteiger charge is -2.11. The number of rotatable bonds is 3. The largest absolute Gasteiger partial charge is 0.378 e. The average molecular weight is 137 g/mol. The first-order chi connectivity index (χ1) is 4.57. The average Bonchev–Trinajstić information content (AvgIpc) is 1.87. The molecule has 0 aliphatic heterocycles. The van der Waals surface area contributed by atoms with Crippen LogP contribution in [-0.4, -0.2) is 19.0 Å². The molecular weight excluding hydrogens is 122 g/mol. The van der Waals surface area contributed by atoms with Gasteiger partial charge in [0.2, 0.25) is 0 Å². The first-order valence-electron chi connectivity index (χ1n) is 3.25. The van der Waals surface area contributed by atoms with Gasteiger partial charge in [0.05, 0.1) is 0 Å². The van der Waals surface area contributed by atoms with E-state index < -0.39 is 0 Å². The van der Waals surface area contributed by atoms with Crippen LogP contribution >= 0.6 is 0 Å². The molecule has 0 aromatic rings. The second-order valence-electron chi connectivity index (χ2n) is 2.48. The zero-order valence-corrected chi connectivity index (χ0v) is 7.02. The highest BCUT2D eigenvalue weighted by molar-refractivity contribution is 5.24. The molecule has 0 fully saturated rings. The summed E-state index contributed by atoms with van der Waals surface area (Å²) in [5.41, 5.74) is 2.14. The third kappa shape index (κ3) is 3.13. The molecule has 0 aliphatic rings. The summed E-state index contributed by atoms with van der Waals surface area (Å²) in [7, 11) is 3.93. The normalized spacial score (nSPS) is 10.9. The Bertz CT molecular complexity index is 164. The van der Waals surface area contributed by atoms with Crippen molar-refractivity contribution in [2.45, 2.75) is 6.92 Å². The maximum atomic E-state index is 3.84. The molecule has 0 amide bonds. The van der Waals surface area contributed by atoms with Crippen LogP contribution < -0.4 is 0 Å². The molecule has 0 rings (SSSR count). The van der Waals surface area contributed by atoms with Crippen molar-refractivity contribution in [1.82, 2.24) is 4.90 Å². The maximum Gasteiger partial charge on any atom is 0.0290 e. The smallest absolute Gasteiger partial charge is 0.0290 e. The van der Waals surface area contributed by atoms with Gasteiger partial charge in [-0.1, -0.05) is 19.2 Å². The zero-order valence-electron chi connectivity index (χ0n) is 7.02. The summed E-state index contributed by atoms with van der Waals surface area (Å²) in [6.45, 7) is 9.49. The molecule has 0 bridgehead atoms. The van der Waals surface area contributed by atoms with Crippen LogP contribution in [0.1, 0.15) is 6.92 Å². The fraction of sp³-hybridized carbons (Fsp3) is 0.333. The molecule has 0 unspecified atom stereocenters. The Morgan fingerprint density at radius 3 is 2.20 bits per heavy atom. The molecule has 0 aromatic heterocycles. The van der Waals surface area contributed by atoms with E-state index in [-0.39, 0.29) is 0 Å². The number of nitrogens with zero attached hydrogens (tertiary/aromatic N) is 1. The number of hydrogen-bond donors (Lipinski definition) is 0. The van der Waals surface area contributed by atoms with E-state index in [9.17, 15) is 0 Å². The summed E-state index contributed by atoms with van der Waals surface area (Å²) in [6.07, 6.45) is 3.81. The topological polar surface area (TPSA) is 3.24 Å². The standard InChI is InChI=1S/C9H15N/c1-6-8(2)7-9(3)10(4)5/h6-7H,1,3H2,2,4-5H3/b8-7+. The van der Waals surface area contributed by atoms with Crippen LogP contribution in [0, 0.1) is 0 Å². The summed E-state index contributed by atoms with van der Waals surface area (Å²) < 4.78 is 0. The lowest BCUT2D eigenvalue weighted by atomic mass is 10.2. The first kappa shape index (κ1) is 9.02. The van der Waals surface area contributed by atoms with Crippen molar-refractivity contribution in [2.75, 3.05) is 14.1 Å². The van der Waals surface area contributed by atoms with Crippen LogP contribution in [0.25, 0.3) is 0 Å². The second-order valence-corrected chi connectivity index (χ2v) is 2.48. The van der Waals surface area contributed by atoms with Crippen molar-refractivity contribution in [3.05, 3.63) is 36.6 Å². The summed E-state index contributed by atoms with van der Waals surface area (Å²) in [6, 6.07) is 0. The number of likely N-dealkylation sites (N-methyl/N-ethyl adjacent to an activating group) is 1. The minimum atomic E-state index is 0.998. The zero-order chi connectivity index (χ0) is 8.15. The van der Waals surface area contributed by atoms with E-state index in [1.54, 1.807) is 0 Å². The van der Waals surface area contributed by atoms with Gasteiger partial charge >= 0.3 is 0 Å². The fourth-order valence-electron chi connectivity index (χ4n) is 0.451. The molecule has 1 heteroatoms. The van der Waals surface area contributed by atoms with Crippen LogP contribution in [0.4, 0.5) is 0 Å². The van der Waals surface area contributed by atoms with Crippen molar-refractivity contribution in [2.24, 2.45) is 0 Å². The summed E-state index contributed by atoms with van der Waals surface area (Å²) in [5.74, 6) is 0. The molecule has 0 radical (unpaired) electrons. The van der Waals surface area contributed by atoms with Crippen LogP contribution in [0.15, 0.2) is 36.6 Å². The Balaban J connectivity index is 4.13. The van der Waals surface area contributed by atoms with Crippen molar-refractivity contribution in [1.29, 1.82) is 0 Å². The van der Waals surface area contributed by atoms with E-state index in [1.807, 2.05) is 38.1 Å². The van der Waals surface area contributed by atoms with Gasteiger partial charge in [-0.15, -0.1) is 0 Å². The van der Waals surface area contributed by atoms with Gasteiger partial charge in [-0.2, -0.15) is 0 Å². The quantitative estimate of drug-likeness (QED) is 0.539. The van der Waals surface area contributed by atoms with Gasteiger partial charge in [0.15, 0.2) is 0 Å². The molecule has 0 aromatic carbocycles. The Labute approximate surface area is 63.3 Å². The van der Waals surface area contributed by atoms with E-state index >= 15 is 0 Å². The molecule has 0 saturated carbocycles. The summed E-state index contributed by atoms with van der Waals surface area (Å²) in [5, 5.41) is 0. The Kier molecular flexibility index (Phi) is 3.55. The molecular formula is C9H15N. The number of hydrogen-bond acceptors (Lipinski definition) is 1. The SMILES string of the molecule is C=C/C(C)=C/C(=C)N(C)C. The minimum absolute atomic E-state index is 0.998. The molecule has 0 atom stereocenters. The van der Waals surface area contributed by atoms with Crippen molar-refractivity contribution >= 4 is 0 Å². The van der Waals surface area contributed by atoms with E-state index in [2.05, 4.69) is 13.2 Å². The first-order valence-corrected chi connectivity index (χ1v) is 3.25. The van der Waals surface area contributed by atoms with E-state index in [0.717, 1.165) is 11.3 Å². The minimum Gasteiger partial charge on any atom is -0.378 e. The molecule has 56 valence electrons. The van der Waals surface area contributed by atoms with Crippen molar-refractivity contribution in [3.8, 4) is 0 Å². The van der Waals surface area contributed by atoms with Gasteiger partial charge in [-0.3, -0.25) is 0 Å². The molecule has 0 spiro atoms. The van der Waals surface area contributed by atoms with Crippen LogP contribution in [0.3, 0.4) is 0 Å². The highest BCUT2D eigenvalue weighted by Crippen LogP contribution is 2.02.